The summed E-state index contributed by atoms with van der Waals surface area (Å²) in [6.45, 7) is 8.40. The Balaban J connectivity index is 1.46. The molecule has 4 nitrogen and oxygen atoms in total. The first-order valence-electron chi connectivity index (χ1n) is 11.2. The van der Waals surface area contributed by atoms with Crippen LogP contribution in [-0.4, -0.2) is 22.3 Å². The number of nitrogens with zero attached hydrogens (tertiary/aromatic N) is 2. The third-order valence-corrected chi connectivity index (χ3v) is 6.56. The lowest BCUT2D eigenvalue weighted by Gasteiger charge is -2.28. The summed E-state index contributed by atoms with van der Waals surface area (Å²) in [7, 11) is 0. The Morgan fingerprint density at radius 1 is 0.848 bits per heavy atom. The SMILES string of the molecule is Cc1cc(C)cc(-n2c(C)cc(C=NC3=C[C@@H]4C(=O)c5ccccc5C(=O)[C@@H]4C=C3)c2C)c1. The molecule has 33 heavy (non-hydrogen) atoms. The molecule has 0 aliphatic heterocycles. The molecule has 0 amide bonds. The minimum absolute atomic E-state index is 0.00252. The summed E-state index contributed by atoms with van der Waals surface area (Å²) in [4.78, 5) is 30.6. The number of carbonyl (C=O) groups is 2. The van der Waals surface area contributed by atoms with Crippen molar-refractivity contribution in [2.45, 2.75) is 27.7 Å². The van der Waals surface area contributed by atoms with Gasteiger partial charge in [0.2, 0.25) is 0 Å². The molecule has 0 saturated heterocycles. The first-order chi connectivity index (χ1) is 15.8. The number of fused-ring (bicyclic) bond motifs is 2. The predicted octanol–water partition coefficient (Wildman–Crippen LogP) is 5.90. The van der Waals surface area contributed by atoms with Gasteiger partial charge >= 0.3 is 0 Å². The fourth-order valence-corrected chi connectivity index (χ4v) is 5.05. The van der Waals surface area contributed by atoms with E-state index in [2.05, 4.69) is 61.5 Å². The molecule has 0 saturated carbocycles. The fourth-order valence-electron chi connectivity index (χ4n) is 5.05. The van der Waals surface area contributed by atoms with Gasteiger partial charge in [0.25, 0.3) is 0 Å². The van der Waals surface area contributed by atoms with Crippen LogP contribution in [0, 0.1) is 39.5 Å². The second-order valence-corrected chi connectivity index (χ2v) is 9.04. The Hall–Kier alpha value is -3.79. The number of carbonyl (C=O) groups excluding carboxylic acids is 2. The van der Waals surface area contributed by atoms with E-state index in [0.29, 0.717) is 16.8 Å². The highest BCUT2D eigenvalue weighted by molar-refractivity contribution is 6.17. The van der Waals surface area contributed by atoms with Crippen LogP contribution in [-0.2, 0) is 0 Å². The van der Waals surface area contributed by atoms with Gasteiger partial charge in [-0.25, -0.2) is 0 Å². The third kappa shape index (κ3) is 3.62. The zero-order valence-electron chi connectivity index (χ0n) is 19.3. The molecule has 164 valence electrons. The molecule has 0 N–H and O–H groups in total. The number of benzene rings is 2. The molecule has 4 heteroatoms. The molecule has 1 heterocycles. The van der Waals surface area contributed by atoms with Crippen molar-refractivity contribution < 1.29 is 9.59 Å². The number of hydrogen-bond acceptors (Lipinski definition) is 3. The highest BCUT2D eigenvalue weighted by Crippen LogP contribution is 2.35. The van der Waals surface area contributed by atoms with Crippen LogP contribution in [0.15, 0.2) is 77.4 Å². The van der Waals surface area contributed by atoms with Crippen LogP contribution in [0.1, 0.15) is 48.8 Å². The quantitative estimate of drug-likeness (QED) is 0.482. The van der Waals surface area contributed by atoms with Crippen molar-refractivity contribution in [1.29, 1.82) is 0 Å². The number of aromatic nitrogens is 1. The molecule has 2 atom stereocenters. The molecule has 2 aliphatic carbocycles. The zero-order valence-corrected chi connectivity index (χ0v) is 19.3. The van der Waals surface area contributed by atoms with Gasteiger partial charge in [-0.15, -0.1) is 0 Å². The third-order valence-electron chi connectivity index (χ3n) is 6.56. The van der Waals surface area contributed by atoms with Crippen LogP contribution in [0.3, 0.4) is 0 Å². The molecular formula is C29H26N2O2. The van der Waals surface area contributed by atoms with Gasteiger partial charge in [0, 0.05) is 40.0 Å². The monoisotopic (exact) mass is 434 g/mol. The molecule has 0 bridgehead atoms. The van der Waals surface area contributed by atoms with Gasteiger partial charge in [-0.05, 0) is 69.2 Å². The van der Waals surface area contributed by atoms with Crippen LogP contribution in [0.5, 0.6) is 0 Å². The van der Waals surface area contributed by atoms with Gasteiger partial charge in [0.15, 0.2) is 11.6 Å². The number of Topliss-reactive ketones (excluding diaryl/α,β-unsaturated/α-hetero) is 2. The van der Waals surface area contributed by atoms with E-state index in [1.807, 2.05) is 24.4 Å². The molecule has 0 radical (unpaired) electrons. The summed E-state index contributed by atoms with van der Waals surface area (Å²) in [6, 6.07) is 15.7. The summed E-state index contributed by atoms with van der Waals surface area (Å²) in [5.41, 5.74) is 8.61. The van der Waals surface area contributed by atoms with E-state index in [1.54, 1.807) is 24.3 Å². The Morgan fingerprint density at radius 2 is 1.48 bits per heavy atom. The highest BCUT2D eigenvalue weighted by atomic mass is 16.1. The van der Waals surface area contributed by atoms with Gasteiger partial charge in [-0.2, -0.15) is 0 Å². The number of allylic oxidation sites excluding steroid dienone is 3. The lowest BCUT2D eigenvalue weighted by atomic mass is 9.72. The lowest BCUT2D eigenvalue weighted by molar-refractivity contribution is 0.0801. The summed E-state index contributed by atoms with van der Waals surface area (Å²) < 4.78 is 2.24. The first-order valence-corrected chi connectivity index (χ1v) is 11.2. The van der Waals surface area contributed by atoms with Crippen molar-refractivity contribution in [3.05, 3.63) is 112 Å². The molecule has 0 fully saturated rings. The maximum atomic E-state index is 13.0. The minimum Gasteiger partial charge on any atom is -0.318 e. The largest absolute Gasteiger partial charge is 0.318 e. The van der Waals surface area contributed by atoms with Crippen LogP contribution in [0.25, 0.3) is 5.69 Å². The van der Waals surface area contributed by atoms with E-state index < -0.39 is 11.8 Å². The number of hydrogen-bond donors (Lipinski definition) is 0. The number of rotatable bonds is 3. The summed E-state index contributed by atoms with van der Waals surface area (Å²) in [5, 5.41) is 0. The number of aryl methyl sites for hydroxylation is 3. The summed E-state index contributed by atoms with van der Waals surface area (Å²) in [6.07, 6.45) is 7.35. The molecule has 1 aromatic heterocycles. The van der Waals surface area contributed by atoms with Crippen LogP contribution in [0.4, 0.5) is 0 Å². The van der Waals surface area contributed by atoms with Crippen molar-refractivity contribution in [1.82, 2.24) is 4.57 Å². The van der Waals surface area contributed by atoms with E-state index in [4.69, 9.17) is 0 Å². The highest BCUT2D eigenvalue weighted by Gasteiger charge is 2.40. The Kier molecular flexibility index (Phi) is 5.09. The molecular weight excluding hydrogens is 408 g/mol. The standard InChI is InChI=1S/C29H26N2O2/c1-17-11-18(2)13-23(12-17)31-19(3)14-21(20(31)4)16-30-22-9-10-26-27(15-22)29(33)25-8-6-5-7-24(25)28(26)32/h5-16,26-27H,1-4H3/t26-,27+/m1/s1. The Morgan fingerprint density at radius 3 is 2.15 bits per heavy atom. The molecule has 0 unspecified atom stereocenters. The topological polar surface area (TPSA) is 51.4 Å². The van der Waals surface area contributed by atoms with Crippen molar-refractivity contribution in [3.63, 3.8) is 0 Å². The molecule has 2 aromatic carbocycles. The van der Waals surface area contributed by atoms with E-state index in [0.717, 1.165) is 22.6 Å². The Bertz CT molecular complexity index is 1380. The minimum atomic E-state index is -0.493. The van der Waals surface area contributed by atoms with Crippen LogP contribution >= 0.6 is 0 Å². The average molecular weight is 435 g/mol. The molecule has 2 aliphatic rings. The summed E-state index contributed by atoms with van der Waals surface area (Å²) >= 11 is 0. The maximum absolute atomic E-state index is 13.0. The fraction of sp³-hybridized carbons (Fsp3) is 0.207. The van der Waals surface area contributed by atoms with Crippen molar-refractivity contribution >= 4 is 17.8 Å². The molecule has 3 aromatic rings. The second-order valence-electron chi connectivity index (χ2n) is 9.04. The van der Waals surface area contributed by atoms with Crippen molar-refractivity contribution in [2.75, 3.05) is 0 Å². The maximum Gasteiger partial charge on any atom is 0.171 e. The molecule has 5 rings (SSSR count). The molecule has 0 spiro atoms. The Labute approximate surface area is 194 Å². The van der Waals surface area contributed by atoms with E-state index in [9.17, 15) is 9.59 Å². The van der Waals surface area contributed by atoms with E-state index in [1.165, 1.54) is 11.1 Å². The smallest absolute Gasteiger partial charge is 0.171 e. The average Bonchev–Trinajstić information content (AvgIpc) is 3.08. The van der Waals surface area contributed by atoms with Crippen LogP contribution in [0.2, 0.25) is 0 Å². The zero-order chi connectivity index (χ0) is 23.3. The van der Waals surface area contributed by atoms with Crippen LogP contribution < -0.4 is 0 Å². The van der Waals surface area contributed by atoms with Gasteiger partial charge in [0.1, 0.15) is 0 Å². The van der Waals surface area contributed by atoms with E-state index >= 15 is 0 Å². The van der Waals surface area contributed by atoms with Gasteiger partial charge in [0.05, 0.1) is 17.5 Å². The van der Waals surface area contributed by atoms with E-state index in [-0.39, 0.29) is 11.6 Å². The summed E-state index contributed by atoms with van der Waals surface area (Å²) in [5.74, 6) is -0.948. The lowest BCUT2D eigenvalue weighted by Crippen LogP contribution is -2.35. The van der Waals surface area contributed by atoms with Crippen molar-refractivity contribution in [3.8, 4) is 5.69 Å². The van der Waals surface area contributed by atoms with Gasteiger partial charge < -0.3 is 4.57 Å². The first kappa shape index (κ1) is 21.1. The van der Waals surface area contributed by atoms with Gasteiger partial charge in [-0.1, -0.05) is 36.4 Å². The number of ketones is 2. The predicted molar refractivity (Wildman–Crippen MR) is 132 cm³/mol. The normalized spacial score (nSPS) is 19.6. The van der Waals surface area contributed by atoms with Crippen molar-refractivity contribution in [2.24, 2.45) is 16.8 Å². The van der Waals surface area contributed by atoms with Gasteiger partial charge in [-0.3, -0.25) is 14.6 Å². The second kappa shape index (κ2) is 7.96. The number of aliphatic imine (C=N–C) groups is 1.